The molecule has 72 valence electrons. The van der Waals surface area contributed by atoms with Gasteiger partial charge in [0.05, 0.1) is 11.9 Å². The van der Waals surface area contributed by atoms with Crippen LogP contribution in [0.15, 0.2) is 10.6 Å². The molecule has 0 radical (unpaired) electrons. The SMILES string of the molecule is Cc1cnc(N)c(-c2nnc(C)o2)n1. The molecule has 0 bridgehead atoms. The second kappa shape index (κ2) is 3.06. The fraction of sp³-hybridized carbons (Fsp3) is 0.250. The van der Waals surface area contributed by atoms with Crippen LogP contribution in [0.25, 0.3) is 11.6 Å². The van der Waals surface area contributed by atoms with Gasteiger partial charge in [-0.05, 0) is 6.92 Å². The maximum absolute atomic E-state index is 5.63. The summed E-state index contributed by atoms with van der Waals surface area (Å²) >= 11 is 0. The summed E-state index contributed by atoms with van der Waals surface area (Å²) < 4.78 is 5.20. The predicted octanol–water partition coefficient (Wildman–Crippen LogP) is 0.726. The summed E-state index contributed by atoms with van der Waals surface area (Å²) in [6.07, 6.45) is 1.59. The normalized spacial score (nSPS) is 10.4. The number of nitrogens with two attached hydrogens (primary N) is 1. The van der Waals surface area contributed by atoms with Crippen molar-refractivity contribution in [1.82, 2.24) is 20.2 Å². The summed E-state index contributed by atoms with van der Waals surface area (Å²) in [5.41, 5.74) is 6.82. The number of nitrogen functional groups attached to an aromatic ring is 1. The first kappa shape index (κ1) is 8.61. The molecule has 0 amide bonds. The zero-order valence-electron chi connectivity index (χ0n) is 7.85. The molecule has 0 atom stereocenters. The van der Waals surface area contributed by atoms with Crippen molar-refractivity contribution in [2.45, 2.75) is 13.8 Å². The first-order valence-corrected chi connectivity index (χ1v) is 4.06. The summed E-state index contributed by atoms with van der Waals surface area (Å²) in [6, 6.07) is 0. The van der Waals surface area contributed by atoms with Crippen molar-refractivity contribution in [3.05, 3.63) is 17.8 Å². The number of rotatable bonds is 1. The standard InChI is InChI=1S/C8H9N5O/c1-4-3-10-7(9)6(11-4)8-13-12-5(2)14-8/h3H,1-2H3,(H2,9,10). The predicted molar refractivity (Wildman–Crippen MR) is 49.2 cm³/mol. The van der Waals surface area contributed by atoms with Crippen LogP contribution < -0.4 is 5.73 Å². The number of aromatic nitrogens is 4. The summed E-state index contributed by atoms with van der Waals surface area (Å²) in [4.78, 5) is 8.12. The highest BCUT2D eigenvalue weighted by Gasteiger charge is 2.12. The summed E-state index contributed by atoms with van der Waals surface area (Å²) in [7, 11) is 0. The molecular formula is C8H9N5O. The maximum Gasteiger partial charge on any atom is 0.270 e. The van der Waals surface area contributed by atoms with Gasteiger partial charge in [0.2, 0.25) is 5.89 Å². The van der Waals surface area contributed by atoms with Gasteiger partial charge in [-0.25, -0.2) is 9.97 Å². The van der Waals surface area contributed by atoms with Crippen molar-refractivity contribution in [3.63, 3.8) is 0 Å². The lowest BCUT2D eigenvalue weighted by Gasteiger charge is -1.99. The van der Waals surface area contributed by atoms with E-state index in [0.29, 0.717) is 23.3 Å². The van der Waals surface area contributed by atoms with E-state index in [0.717, 1.165) is 5.69 Å². The van der Waals surface area contributed by atoms with E-state index >= 15 is 0 Å². The molecule has 6 heteroatoms. The van der Waals surface area contributed by atoms with Crippen LogP contribution in [0.3, 0.4) is 0 Å². The van der Waals surface area contributed by atoms with Crippen LogP contribution in [0.5, 0.6) is 0 Å². The Morgan fingerprint density at radius 2 is 2.07 bits per heavy atom. The van der Waals surface area contributed by atoms with Gasteiger partial charge in [-0.15, -0.1) is 10.2 Å². The fourth-order valence-corrected chi connectivity index (χ4v) is 1.04. The lowest BCUT2D eigenvalue weighted by atomic mass is 10.4. The van der Waals surface area contributed by atoms with Gasteiger partial charge in [-0.3, -0.25) is 0 Å². The largest absolute Gasteiger partial charge is 0.420 e. The minimum Gasteiger partial charge on any atom is -0.420 e. The van der Waals surface area contributed by atoms with Crippen LogP contribution in [-0.2, 0) is 0 Å². The Bertz CT molecular complexity index is 465. The molecule has 0 saturated carbocycles. The van der Waals surface area contributed by atoms with E-state index in [2.05, 4.69) is 20.2 Å². The second-order valence-electron chi connectivity index (χ2n) is 2.87. The lowest BCUT2D eigenvalue weighted by Crippen LogP contribution is -1.98. The van der Waals surface area contributed by atoms with Gasteiger partial charge in [0.25, 0.3) is 5.89 Å². The topological polar surface area (TPSA) is 90.7 Å². The molecule has 14 heavy (non-hydrogen) atoms. The van der Waals surface area contributed by atoms with Gasteiger partial charge in [-0.2, -0.15) is 0 Å². The summed E-state index contributed by atoms with van der Waals surface area (Å²) in [6.45, 7) is 3.52. The fourth-order valence-electron chi connectivity index (χ4n) is 1.04. The molecule has 0 aliphatic carbocycles. The van der Waals surface area contributed by atoms with Crippen molar-refractivity contribution >= 4 is 5.82 Å². The van der Waals surface area contributed by atoms with Crippen LogP contribution in [0.2, 0.25) is 0 Å². The lowest BCUT2D eigenvalue weighted by molar-refractivity contribution is 0.531. The zero-order valence-corrected chi connectivity index (χ0v) is 7.85. The highest BCUT2D eigenvalue weighted by atomic mass is 16.4. The molecule has 0 aliphatic rings. The maximum atomic E-state index is 5.63. The number of hydrogen-bond donors (Lipinski definition) is 1. The third kappa shape index (κ3) is 1.41. The van der Waals surface area contributed by atoms with Crippen LogP contribution >= 0.6 is 0 Å². The first-order valence-electron chi connectivity index (χ1n) is 4.06. The molecule has 0 aliphatic heterocycles. The number of anilines is 1. The van der Waals surface area contributed by atoms with Crippen molar-refractivity contribution in [2.75, 3.05) is 5.73 Å². The van der Waals surface area contributed by atoms with Crippen LogP contribution in [-0.4, -0.2) is 20.2 Å². The van der Waals surface area contributed by atoms with Crippen LogP contribution in [0.4, 0.5) is 5.82 Å². The Morgan fingerprint density at radius 3 is 2.71 bits per heavy atom. The van der Waals surface area contributed by atoms with Gasteiger partial charge in [0.1, 0.15) is 0 Å². The monoisotopic (exact) mass is 191 g/mol. The van der Waals surface area contributed by atoms with E-state index in [4.69, 9.17) is 10.2 Å². The Morgan fingerprint density at radius 1 is 1.29 bits per heavy atom. The minimum atomic E-state index is 0.291. The van der Waals surface area contributed by atoms with E-state index in [1.807, 2.05) is 6.92 Å². The molecule has 2 heterocycles. The average Bonchev–Trinajstić information content (AvgIpc) is 2.56. The highest BCUT2D eigenvalue weighted by molar-refractivity contribution is 5.61. The Labute approximate surface area is 80.2 Å². The summed E-state index contributed by atoms with van der Waals surface area (Å²) in [5, 5.41) is 7.51. The van der Waals surface area contributed by atoms with E-state index in [9.17, 15) is 0 Å². The molecule has 0 fully saturated rings. The molecule has 0 saturated heterocycles. The Kier molecular flexibility index (Phi) is 1.88. The number of hydrogen-bond acceptors (Lipinski definition) is 6. The van der Waals surface area contributed by atoms with Gasteiger partial charge in [0.15, 0.2) is 11.5 Å². The molecule has 0 aromatic carbocycles. The van der Waals surface area contributed by atoms with Crippen molar-refractivity contribution < 1.29 is 4.42 Å². The zero-order chi connectivity index (χ0) is 10.1. The van der Waals surface area contributed by atoms with Crippen molar-refractivity contribution in [2.24, 2.45) is 0 Å². The van der Waals surface area contributed by atoms with E-state index in [1.54, 1.807) is 13.1 Å². The van der Waals surface area contributed by atoms with Gasteiger partial charge < -0.3 is 10.2 Å². The quantitative estimate of drug-likeness (QED) is 0.714. The van der Waals surface area contributed by atoms with Gasteiger partial charge >= 0.3 is 0 Å². The second-order valence-corrected chi connectivity index (χ2v) is 2.87. The molecule has 2 aromatic heterocycles. The molecule has 6 nitrogen and oxygen atoms in total. The Hall–Kier alpha value is -1.98. The molecule has 0 spiro atoms. The molecule has 2 aromatic rings. The van der Waals surface area contributed by atoms with Crippen LogP contribution in [0, 0.1) is 13.8 Å². The third-order valence-corrected chi connectivity index (χ3v) is 1.65. The smallest absolute Gasteiger partial charge is 0.270 e. The number of nitrogens with zero attached hydrogens (tertiary/aromatic N) is 4. The molecule has 2 rings (SSSR count). The van der Waals surface area contributed by atoms with E-state index in [1.165, 1.54) is 0 Å². The van der Waals surface area contributed by atoms with Crippen molar-refractivity contribution in [3.8, 4) is 11.6 Å². The third-order valence-electron chi connectivity index (χ3n) is 1.65. The van der Waals surface area contributed by atoms with Gasteiger partial charge in [0, 0.05) is 6.92 Å². The van der Waals surface area contributed by atoms with Crippen LogP contribution in [0.1, 0.15) is 11.6 Å². The summed E-state index contributed by atoms with van der Waals surface area (Å²) in [5.74, 6) is 1.07. The van der Waals surface area contributed by atoms with Gasteiger partial charge in [-0.1, -0.05) is 0 Å². The average molecular weight is 191 g/mol. The Balaban J connectivity index is 2.55. The number of aryl methyl sites for hydroxylation is 2. The van der Waals surface area contributed by atoms with Crippen molar-refractivity contribution in [1.29, 1.82) is 0 Å². The minimum absolute atomic E-state index is 0.291. The molecule has 2 N–H and O–H groups in total. The molecular weight excluding hydrogens is 182 g/mol. The van der Waals surface area contributed by atoms with E-state index in [-0.39, 0.29) is 0 Å². The highest BCUT2D eigenvalue weighted by Crippen LogP contribution is 2.19. The van der Waals surface area contributed by atoms with E-state index < -0.39 is 0 Å². The molecule has 0 unspecified atom stereocenters. The first-order chi connectivity index (χ1) is 6.66.